The summed E-state index contributed by atoms with van der Waals surface area (Å²) >= 11 is 7.28. The molecule has 1 saturated carbocycles. The van der Waals surface area contributed by atoms with E-state index in [1.807, 2.05) is 0 Å². The van der Waals surface area contributed by atoms with Crippen molar-refractivity contribution in [2.45, 2.75) is 31.1 Å². The number of carboxylic acids is 1. The molecule has 0 heterocycles. The normalized spacial score (nSPS) is 16.3. The molecule has 0 radical (unpaired) electrons. The fourth-order valence-corrected chi connectivity index (χ4v) is 3.99. The summed E-state index contributed by atoms with van der Waals surface area (Å²) in [6.45, 7) is 0.435. The lowest BCUT2D eigenvalue weighted by atomic mass is 9.78. The van der Waals surface area contributed by atoms with Gasteiger partial charge in [0.25, 0.3) is 0 Å². The summed E-state index contributed by atoms with van der Waals surface area (Å²) in [6.07, 6.45) is 3.86. The van der Waals surface area contributed by atoms with Crippen LogP contribution < -0.4 is 5.32 Å². The van der Waals surface area contributed by atoms with E-state index in [0.717, 1.165) is 43.0 Å². The van der Waals surface area contributed by atoms with Crippen LogP contribution in [0.1, 0.15) is 31.2 Å². The van der Waals surface area contributed by atoms with Gasteiger partial charge in [-0.05, 0) is 30.5 Å². The number of aliphatic carboxylic acids is 1. The second-order valence-corrected chi connectivity index (χ2v) is 7.17. The third-order valence-electron chi connectivity index (χ3n) is 4.15. The minimum absolute atomic E-state index is 0.0949. The molecule has 1 aromatic carbocycles. The van der Waals surface area contributed by atoms with Crippen molar-refractivity contribution in [1.29, 1.82) is 0 Å². The van der Waals surface area contributed by atoms with Crippen LogP contribution in [0.5, 0.6) is 0 Å². The van der Waals surface area contributed by atoms with Crippen LogP contribution in [-0.2, 0) is 15.0 Å². The molecule has 0 aliphatic heterocycles. The second kappa shape index (κ2) is 8.02. The number of hydrogen-bond acceptors (Lipinski definition) is 3. The van der Waals surface area contributed by atoms with Crippen LogP contribution >= 0.6 is 23.4 Å². The number of carbonyl (C=O) groups excluding carboxylic acids is 1. The highest BCUT2D eigenvalue weighted by molar-refractivity contribution is 8.00. The highest BCUT2D eigenvalue weighted by Crippen LogP contribution is 2.43. The molecule has 23 heavy (non-hydrogen) atoms. The van der Waals surface area contributed by atoms with Crippen molar-refractivity contribution in [2.75, 3.05) is 18.1 Å². The summed E-state index contributed by atoms with van der Waals surface area (Å²) in [6, 6.07) is 4.40. The van der Waals surface area contributed by atoms with Crippen molar-refractivity contribution in [3.05, 3.63) is 34.6 Å². The molecule has 1 fully saturated rings. The SMILES string of the molecule is O=C(O)CSCC(=O)NCC1(c2ccc(F)cc2Cl)CCCC1. The van der Waals surface area contributed by atoms with E-state index >= 15 is 0 Å². The lowest BCUT2D eigenvalue weighted by molar-refractivity contribution is -0.133. The topological polar surface area (TPSA) is 66.4 Å². The third kappa shape index (κ3) is 4.85. The maximum atomic E-state index is 13.3. The molecular formula is C16H19ClFNO3S. The van der Waals surface area contributed by atoms with Crippen molar-refractivity contribution >= 4 is 35.2 Å². The minimum atomic E-state index is -0.937. The van der Waals surface area contributed by atoms with Gasteiger partial charge in [-0.25, -0.2) is 4.39 Å². The van der Waals surface area contributed by atoms with Gasteiger partial charge in [-0.2, -0.15) is 0 Å². The maximum absolute atomic E-state index is 13.3. The molecule has 2 N–H and O–H groups in total. The van der Waals surface area contributed by atoms with E-state index in [4.69, 9.17) is 16.7 Å². The summed E-state index contributed by atoms with van der Waals surface area (Å²) in [5.74, 6) is -1.49. The summed E-state index contributed by atoms with van der Waals surface area (Å²) in [7, 11) is 0. The Bertz CT molecular complexity index is 591. The first kappa shape index (κ1) is 18.1. The zero-order valence-corrected chi connectivity index (χ0v) is 14.2. The van der Waals surface area contributed by atoms with Gasteiger partial charge >= 0.3 is 5.97 Å². The predicted octanol–water partition coefficient (Wildman–Crippen LogP) is 3.22. The van der Waals surface area contributed by atoms with Gasteiger partial charge in [0.1, 0.15) is 5.82 Å². The Labute approximate surface area is 143 Å². The van der Waals surface area contributed by atoms with Crippen molar-refractivity contribution in [3.63, 3.8) is 0 Å². The number of rotatable bonds is 7. The van der Waals surface area contributed by atoms with E-state index in [-0.39, 0.29) is 28.6 Å². The summed E-state index contributed by atoms with van der Waals surface area (Å²) < 4.78 is 13.3. The quantitative estimate of drug-likeness (QED) is 0.784. The molecule has 0 spiro atoms. The first-order valence-corrected chi connectivity index (χ1v) is 8.98. The number of halogens is 2. The molecular weight excluding hydrogens is 341 g/mol. The number of amides is 1. The van der Waals surface area contributed by atoms with Gasteiger partial charge in [-0.3, -0.25) is 9.59 Å². The van der Waals surface area contributed by atoms with Crippen LogP contribution in [0, 0.1) is 5.82 Å². The Morgan fingerprint density at radius 2 is 2.00 bits per heavy atom. The van der Waals surface area contributed by atoms with Crippen LogP contribution in [0.25, 0.3) is 0 Å². The number of hydrogen-bond donors (Lipinski definition) is 2. The molecule has 1 aromatic rings. The van der Waals surface area contributed by atoms with Crippen molar-refractivity contribution in [1.82, 2.24) is 5.32 Å². The smallest absolute Gasteiger partial charge is 0.313 e. The van der Waals surface area contributed by atoms with Gasteiger partial charge in [-0.15, -0.1) is 11.8 Å². The molecule has 1 aliphatic rings. The Morgan fingerprint density at radius 3 is 2.61 bits per heavy atom. The van der Waals surface area contributed by atoms with Crippen molar-refractivity contribution in [2.24, 2.45) is 0 Å². The molecule has 0 saturated heterocycles. The number of benzene rings is 1. The van der Waals surface area contributed by atoms with Gasteiger partial charge < -0.3 is 10.4 Å². The zero-order valence-electron chi connectivity index (χ0n) is 12.6. The monoisotopic (exact) mass is 359 g/mol. The lowest BCUT2D eigenvalue weighted by Crippen LogP contribution is -2.40. The van der Waals surface area contributed by atoms with Gasteiger partial charge in [-0.1, -0.05) is 30.5 Å². The first-order chi connectivity index (χ1) is 10.9. The van der Waals surface area contributed by atoms with E-state index in [0.29, 0.717) is 11.6 Å². The van der Waals surface area contributed by atoms with Crippen molar-refractivity contribution < 1.29 is 19.1 Å². The fraction of sp³-hybridized carbons (Fsp3) is 0.500. The minimum Gasteiger partial charge on any atom is -0.481 e. The van der Waals surface area contributed by atoms with Gasteiger partial charge in [0.2, 0.25) is 5.91 Å². The van der Waals surface area contributed by atoms with E-state index in [1.54, 1.807) is 6.07 Å². The molecule has 126 valence electrons. The average molecular weight is 360 g/mol. The van der Waals surface area contributed by atoms with Gasteiger partial charge in [0.15, 0.2) is 0 Å². The third-order valence-corrected chi connectivity index (χ3v) is 5.38. The van der Waals surface area contributed by atoms with Crippen LogP contribution in [0.4, 0.5) is 4.39 Å². The van der Waals surface area contributed by atoms with Crippen LogP contribution in [0.2, 0.25) is 5.02 Å². The van der Waals surface area contributed by atoms with E-state index in [2.05, 4.69) is 5.32 Å². The molecule has 2 rings (SSSR count). The number of carbonyl (C=O) groups is 2. The predicted molar refractivity (Wildman–Crippen MR) is 89.5 cm³/mol. The highest BCUT2D eigenvalue weighted by Gasteiger charge is 2.37. The van der Waals surface area contributed by atoms with Gasteiger partial charge in [0.05, 0.1) is 11.5 Å². The van der Waals surface area contributed by atoms with E-state index in [1.165, 1.54) is 12.1 Å². The Balaban J connectivity index is 2.01. The number of carboxylic acid groups (broad SMARTS) is 1. The molecule has 0 aromatic heterocycles. The van der Waals surface area contributed by atoms with E-state index in [9.17, 15) is 14.0 Å². The Kier molecular flexibility index (Phi) is 6.30. The maximum Gasteiger partial charge on any atom is 0.313 e. The summed E-state index contributed by atoms with van der Waals surface area (Å²) in [5, 5.41) is 11.8. The van der Waals surface area contributed by atoms with Crippen LogP contribution in [-0.4, -0.2) is 35.0 Å². The zero-order chi connectivity index (χ0) is 16.9. The molecule has 0 unspecified atom stereocenters. The Morgan fingerprint density at radius 1 is 1.30 bits per heavy atom. The Hall–Kier alpha value is -1.27. The average Bonchev–Trinajstić information content (AvgIpc) is 2.94. The number of thioether (sulfide) groups is 1. The molecule has 4 nitrogen and oxygen atoms in total. The fourth-order valence-electron chi connectivity index (χ4n) is 3.06. The second-order valence-electron chi connectivity index (χ2n) is 5.77. The van der Waals surface area contributed by atoms with Gasteiger partial charge in [0, 0.05) is 17.0 Å². The summed E-state index contributed by atoms with van der Waals surface area (Å²) in [5.41, 5.74) is 0.606. The van der Waals surface area contributed by atoms with Crippen LogP contribution in [0.15, 0.2) is 18.2 Å². The largest absolute Gasteiger partial charge is 0.481 e. The first-order valence-electron chi connectivity index (χ1n) is 7.45. The molecule has 1 aliphatic carbocycles. The lowest BCUT2D eigenvalue weighted by Gasteiger charge is -2.31. The van der Waals surface area contributed by atoms with Crippen molar-refractivity contribution in [3.8, 4) is 0 Å². The van der Waals surface area contributed by atoms with Crippen LogP contribution in [0.3, 0.4) is 0 Å². The molecule has 7 heteroatoms. The molecule has 0 bridgehead atoms. The number of nitrogens with one attached hydrogen (secondary N) is 1. The molecule has 1 amide bonds. The standard InChI is InChI=1S/C16H19ClFNO3S/c17-13-7-11(18)3-4-12(13)16(5-1-2-6-16)10-19-14(20)8-23-9-15(21)22/h3-4,7H,1-2,5-6,8-10H2,(H,19,20)(H,21,22). The molecule has 0 atom stereocenters. The van der Waals surface area contributed by atoms with E-state index < -0.39 is 5.97 Å². The highest BCUT2D eigenvalue weighted by atomic mass is 35.5. The summed E-state index contributed by atoms with van der Waals surface area (Å²) in [4.78, 5) is 22.3.